The van der Waals surface area contributed by atoms with Gasteiger partial charge in [-0.3, -0.25) is 4.79 Å². The van der Waals surface area contributed by atoms with Gasteiger partial charge in [0.25, 0.3) is 5.91 Å². The maximum atomic E-state index is 12.6. The summed E-state index contributed by atoms with van der Waals surface area (Å²) < 4.78 is 29.0. The molecule has 0 unspecified atom stereocenters. The van der Waals surface area contributed by atoms with Gasteiger partial charge in [0.1, 0.15) is 5.76 Å². The molecule has 1 fully saturated rings. The highest BCUT2D eigenvalue weighted by Crippen LogP contribution is 2.24. The van der Waals surface area contributed by atoms with Gasteiger partial charge >= 0.3 is 0 Å². The van der Waals surface area contributed by atoms with Crippen molar-refractivity contribution in [1.82, 2.24) is 9.88 Å². The molecule has 2 atom stereocenters. The lowest BCUT2D eigenvalue weighted by molar-refractivity contribution is 0.0685. The first-order chi connectivity index (χ1) is 9.25. The molecule has 1 amide bonds. The molecule has 0 spiro atoms. The van der Waals surface area contributed by atoms with E-state index in [0.29, 0.717) is 11.5 Å². The summed E-state index contributed by atoms with van der Waals surface area (Å²) in [7, 11) is -3.11. The molecule has 0 saturated carbocycles. The van der Waals surface area contributed by atoms with E-state index in [0.717, 1.165) is 0 Å². The molecular formula is C13H20N2O4S. The molecule has 1 aliphatic heterocycles. The average Bonchev–Trinajstić information content (AvgIpc) is 2.85. The van der Waals surface area contributed by atoms with Gasteiger partial charge in [0, 0.05) is 18.5 Å². The number of oxazole rings is 1. The van der Waals surface area contributed by atoms with Gasteiger partial charge in [-0.2, -0.15) is 0 Å². The maximum Gasteiger partial charge on any atom is 0.276 e. The predicted molar refractivity (Wildman–Crippen MR) is 74.3 cm³/mol. The largest absolute Gasteiger partial charge is 0.447 e. The van der Waals surface area contributed by atoms with Crippen molar-refractivity contribution in [2.24, 2.45) is 0 Å². The summed E-state index contributed by atoms with van der Waals surface area (Å²) in [5, 5.41) is -0.561. The lowest BCUT2D eigenvalue weighted by Gasteiger charge is -2.37. The summed E-state index contributed by atoms with van der Waals surface area (Å²) in [5.41, 5.74) is 0.290. The van der Waals surface area contributed by atoms with E-state index in [1.165, 1.54) is 6.39 Å². The number of carbonyl (C=O) groups excluding carboxylic acids is 1. The number of aromatic nitrogens is 1. The number of hydrogen-bond donors (Lipinski definition) is 0. The summed E-state index contributed by atoms with van der Waals surface area (Å²) >= 11 is 0. The minimum absolute atomic E-state index is 0.000883. The fraction of sp³-hybridized carbons (Fsp3) is 0.692. The van der Waals surface area contributed by atoms with Crippen LogP contribution in [0.2, 0.25) is 0 Å². The van der Waals surface area contributed by atoms with Gasteiger partial charge in [0.15, 0.2) is 21.9 Å². The van der Waals surface area contributed by atoms with Crippen LogP contribution in [0.5, 0.6) is 0 Å². The van der Waals surface area contributed by atoms with Gasteiger partial charge in [-0.15, -0.1) is 0 Å². The van der Waals surface area contributed by atoms with Crippen LogP contribution in [0.1, 0.15) is 49.9 Å². The topological polar surface area (TPSA) is 80.5 Å². The Morgan fingerprint density at radius 3 is 2.70 bits per heavy atom. The molecule has 2 heterocycles. The molecule has 0 N–H and O–H groups in total. The lowest BCUT2D eigenvalue weighted by atomic mass is 10.1. The third-order valence-corrected chi connectivity index (χ3v) is 6.22. The van der Waals surface area contributed by atoms with Crippen LogP contribution in [0.4, 0.5) is 0 Å². The Bertz CT molecular complexity index is 606. The smallest absolute Gasteiger partial charge is 0.276 e. The first kappa shape index (κ1) is 15.0. The van der Waals surface area contributed by atoms with E-state index in [-0.39, 0.29) is 30.2 Å². The Hall–Kier alpha value is -1.37. The van der Waals surface area contributed by atoms with Crippen molar-refractivity contribution < 1.29 is 17.6 Å². The highest BCUT2D eigenvalue weighted by Gasteiger charge is 2.39. The summed E-state index contributed by atoms with van der Waals surface area (Å²) in [5.74, 6) is 0.344. The fourth-order valence-corrected chi connectivity index (χ4v) is 3.99. The SMILES string of the molecule is CC(C)c1ocnc1C(=O)N1CCS(=O)(=O)[C@H](C)[C@@H]1C. The second-order valence-corrected chi connectivity index (χ2v) is 8.01. The third-order valence-electron chi connectivity index (χ3n) is 3.94. The van der Waals surface area contributed by atoms with E-state index >= 15 is 0 Å². The highest BCUT2D eigenvalue weighted by atomic mass is 32.2. The first-order valence-corrected chi connectivity index (χ1v) is 8.43. The number of sulfone groups is 1. The summed E-state index contributed by atoms with van der Waals surface area (Å²) in [6.45, 7) is 7.45. The molecule has 20 heavy (non-hydrogen) atoms. The van der Waals surface area contributed by atoms with Crippen molar-refractivity contribution >= 4 is 15.7 Å². The number of carbonyl (C=O) groups is 1. The lowest BCUT2D eigenvalue weighted by Crippen LogP contribution is -2.54. The van der Waals surface area contributed by atoms with Crippen molar-refractivity contribution in [2.75, 3.05) is 12.3 Å². The van der Waals surface area contributed by atoms with Crippen LogP contribution in [0, 0.1) is 0 Å². The molecule has 1 saturated heterocycles. The first-order valence-electron chi connectivity index (χ1n) is 6.71. The molecule has 7 heteroatoms. The Kier molecular flexibility index (Phi) is 3.90. The number of rotatable bonds is 2. The van der Waals surface area contributed by atoms with Crippen LogP contribution in [0.15, 0.2) is 10.8 Å². The zero-order valence-corrected chi connectivity index (χ0v) is 13.0. The Balaban J connectivity index is 2.28. The van der Waals surface area contributed by atoms with Crippen molar-refractivity contribution in [1.29, 1.82) is 0 Å². The fourth-order valence-electron chi connectivity index (χ4n) is 2.42. The van der Waals surface area contributed by atoms with Crippen LogP contribution in [-0.2, 0) is 9.84 Å². The van der Waals surface area contributed by atoms with Crippen LogP contribution < -0.4 is 0 Å². The second kappa shape index (κ2) is 5.20. The second-order valence-electron chi connectivity index (χ2n) is 5.53. The van der Waals surface area contributed by atoms with Crippen LogP contribution in [-0.4, -0.2) is 47.8 Å². The minimum Gasteiger partial charge on any atom is -0.447 e. The average molecular weight is 300 g/mol. The van der Waals surface area contributed by atoms with Gasteiger partial charge in [0.05, 0.1) is 11.0 Å². The quantitative estimate of drug-likeness (QED) is 0.825. The van der Waals surface area contributed by atoms with E-state index in [1.807, 2.05) is 13.8 Å². The molecule has 1 aromatic rings. The molecule has 1 aliphatic rings. The van der Waals surface area contributed by atoms with E-state index in [9.17, 15) is 13.2 Å². The number of amides is 1. The van der Waals surface area contributed by atoms with E-state index in [2.05, 4.69) is 4.98 Å². The highest BCUT2D eigenvalue weighted by molar-refractivity contribution is 7.92. The zero-order valence-electron chi connectivity index (χ0n) is 12.2. The van der Waals surface area contributed by atoms with Crippen LogP contribution >= 0.6 is 0 Å². The summed E-state index contributed by atoms with van der Waals surface area (Å²) in [6.07, 6.45) is 1.26. The van der Waals surface area contributed by atoms with Crippen molar-refractivity contribution in [2.45, 2.75) is 44.9 Å². The Labute approximate surface area is 119 Å². The summed E-state index contributed by atoms with van der Waals surface area (Å²) in [4.78, 5) is 18.1. The molecule has 0 aromatic carbocycles. The van der Waals surface area contributed by atoms with Gasteiger partial charge in [-0.25, -0.2) is 13.4 Å². The third kappa shape index (κ3) is 2.46. The Morgan fingerprint density at radius 1 is 1.45 bits per heavy atom. The maximum absolute atomic E-state index is 12.6. The van der Waals surface area contributed by atoms with Gasteiger partial charge < -0.3 is 9.32 Å². The monoisotopic (exact) mass is 300 g/mol. The molecule has 0 radical (unpaired) electrons. The number of hydrogen-bond acceptors (Lipinski definition) is 5. The molecule has 2 rings (SSSR count). The van der Waals surface area contributed by atoms with E-state index in [1.54, 1.807) is 18.7 Å². The Morgan fingerprint density at radius 2 is 2.10 bits per heavy atom. The molecule has 1 aromatic heterocycles. The van der Waals surface area contributed by atoms with Crippen LogP contribution in [0.3, 0.4) is 0 Å². The molecule has 6 nitrogen and oxygen atoms in total. The predicted octanol–water partition coefficient (Wildman–Crippen LogP) is 1.45. The van der Waals surface area contributed by atoms with Crippen molar-refractivity contribution in [3.8, 4) is 0 Å². The summed E-state index contributed by atoms with van der Waals surface area (Å²) in [6, 6.07) is -0.363. The minimum atomic E-state index is -3.11. The van der Waals surface area contributed by atoms with Gasteiger partial charge in [-0.05, 0) is 13.8 Å². The van der Waals surface area contributed by atoms with Crippen molar-refractivity contribution in [3.63, 3.8) is 0 Å². The standard InChI is InChI=1S/C13H20N2O4S/c1-8(2)12-11(14-7-19-12)13(16)15-5-6-20(17,18)10(4)9(15)3/h7-10H,5-6H2,1-4H3/t9-,10+/m0/s1. The molecule has 112 valence electrons. The number of nitrogens with zero attached hydrogens (tertiary/aromatic N) is 2. The molecular weight excluding hydrogens is 280 g/mol. The van der Waals surface area contributed by atoms with Crippen LogP contribution in [0.25, 0.3) is 0 Å². The van der Waals surface area contributed by atoms with E-state index < -0.39 is 15.1 Å². The zero-order chi connectivity index (χ0) is 15.1. The molecule has 0 aliphatic carbocycles. The molecule has 0 bridgehead atoms. The normalized spacial score (nSPS) is 25.9. The van der Waals surface area contributed by atoms with Crippen molar-refractivity contribution in [3.05, 3.63) is 17.8 Å². The van der Waals surface area contributed by atoms with Gasteiger partial charge in [-0.1, -0.05) is 13.8 Å². The van der Waals surface area contributed by atoms with Gasteiger partial charge in [0.2, 0.25) is 0 Å². The van der Waals surface area contributed by atoms with E-state index in [4.69, 9.17) is 4.42 Å².